The summed E-state index contributed by atoms with van der Waals surface area (Å²) < 4.78 is 97.9. The first kappa shape index (κ1) is 33.4. The molecule has 3 atom stereocenters. The van der Waals surface area contributed by atoms with E-state index in [4.69, 9.17) is 4.74 Å². The van der Waals surface area contributed by atoms with Gasteiger partial charge in [0.15, 0.2) is 0 Å². The summed E-state index contributed by atoms with van der Waals surface area (Å²) in [6.45, 7) is 10.1. The molecule has 0 aromatic heterocycles. The van der Waals surface area contributed by atoms with Gasteiger partial charge in [-0.15, -0.1) is 0 Å². The molecule has 0 spiro atoms. The predicted molar refractivity (Wildman–Crippen MR) is 120 cm³/mol. The average Bonchev–Trinajstić information content (AvgIpc) is 3.22. The number of hydrogen-bond donors (Lipinski definition) is 2. The topological polar surface area (TPSA) is 105 Å². The number of likely N-dealkylation sites (tertiary alicyclic amines) is 1. The highest BCUT2D eigenvalue weighted by Crippen LogP contribution is 2.47. The van der Waals surface area contributed by atoms with E-state index in [-0.39, 0.29) is 19.4 Å². The molecule has 38 heavy (non-hydrogen) atoms. The Hall–Kier alpha value is -2.61. The number of nitrogens with one attached hydrogen (secondary N) is 2. The Bertz CT molecular complexity index is 901. The van der Waals surface area contributed by atoms with Crippen molar-refractivity contribution in [1.29, 1.82) is 0 Å². The van der Waals surface area contributed by atoms with Gasteiger partial charge in [0.05, 0.1) is 6.04 Å². The first-order valence-corrected chi connectivity index (χ1v) is 11.9. The summed E-state index contributed by atoms with van der Waals surface area (Å²) in [5, 5.41) is 4.25. The molecule has 0 aliphatic carbocycles. The molecule has 1 aliphatic rings. The number of nitrogens with zero attached hydrogens (tertiary/aromatic N) is 1. The van der Waals surface area contributed by atoms with Crippen molar-refractivity contribution in [2.45, 2.75) is 103 Å². The van der Waals surface area contributed by atoms with E-state index in [9.17, 15) is 49.9 Å². The summed E-state index contributed by atoms with van der Waals surface area (Å²) in [6.07, 6.45) is -7.39. The highest BCUT2D eigenvalue weighted by atomic mass is 19.4. The molecule has 0 radical (unpaired) electrons. The number of ketones is 1. The Labute approximate surface area is 216 Å². The molecule has 1 saturated heterocycles. The summed E-state index contributed by atoms with van der Waals surface area (Å²) in [6, 6.07) is -4.94. The van der Waals surface area contributed by atoms with Crippen LogP contribution in [0.4, 0.5) is 35.5 Å². The van der Waals surface area contributed by atoms with Crippen molar-refractivity contribution in [3.63, 3.8) is 0 Å². The third kappa shape index (κ3) is 7.49. The van der Waals surface area contributed by atoms with Crippen molar-refractivity contribution < 1.29 is 54.6 Å². The van der Waals surface area contributed by atoms with Crippen LogP contribution < -0.4 is 10.6 Å². The highest BCUT2D eigenvalue weighted by Gasteiger charge is 2.76. The van der Waals surface area contributed by atoms with E-state index < -0.39 is 77.3 Å². The number of rotatable bonds is 9. The molecular weight excluding hydrogens is 531 g/mol. The SMILES string of the molecule is CC(C)C(NC(=O)[C@@H]1CCCN1C(=O)[C@@H](NC(=O)OC(C)(C)C)C(C)C)C(=O)C(F)(F)C(F)(F)C(F)(F)F. The Morgan fingerprint density at radius 3 is 1.76 bits per heavy atom. The van der Waals surface area contributed by atoms with Crippen molar-refractivity contribution in [1.82, 2.24) is 15.5 Å². The second kappa shape index (κ2) is 11.6. The first-order valence-electron chi connectivity index (χ1n) is 11.9. The van der Waals surface area contributed by atoms with Gasteiger partial charge in [0.25, 0.3) is 0 Å². The van der Waals surface area contributed by atoms with E-state index >= 15 is 0 Å². The van der Waals surface area contributed by atoms with Gasteiger partial charge >= 0.3 is 24.1 Å². The molecule has 1 heterocycles. The lowest BCUT2D eigenvalue weighted by Crippen LogP contribution is -2.63. The van der Waals surface area contributed by atoms with Crippen LogP contribution in [0.15, 0.2) is 0 Å². The van der Waals surface area contributed by atoms with Crippen LogP contribution in [-0.2, 0) is 19.1 Å². The maximum atomic E-state index is 14.1. The van der Waals surface area contributed by atoms with Crippen LogP contribution >= 0.6 is 0 Å². The minimum Gasteiger partial charge on any atom is -0.444 e. The molecule has 2 N–H and O–H groups in total. The Balaban J connectivity index is 3.16. The highest BCUT2D eigenvalue weighted by molar-refractivity contribution is 5.97. The second-order valence-corrected chi connectivity index (χ2v) is 10.8. The van der Waals surface area contributed by atoms with E-state index in [2.05, 4.69) is 5.32 Å². The van der Waals surface area contributed by atoms with Crippen LogP contribution in [0.1, 0.15) is 61.3 Å². The van der Waals surface area contributed by atoms with Crippen molar-refractivity contribution >= 4 is 23.7 Å². The van der Waals surface area contributed by atoms with Gasteiger partial charge in [-0.3, -0.25) is 14.4 Å². The van der Waals surface area contributed by atoms with Gasteiger partial charge in [-0.25, -0.2) is 4.79 Å². The molecule has 220 valence electrons. The van der Waals surface area contributed by atoms with Gasteiger partial charge in [0.2, 0.25) is 17.6 Å². The van der Waals surface area contributed by atoms with Gasteiger partial charge in [-0.2, -0.15) is 30.7 Å². The largest absolute Gasteiger partial charge is 0.460 e. The van der Waals surface area contributed by atoms with Crippen molar-refractivity contribution in [3.05, 3.63) is 0 Å². The standard InChI is InChI=1S/C23H34F7N3O5/c1-11(2)14(16(34)21(24,25)22(26,27)23(28,29)30)31-17(35)13-9-8-10-33(13)18(36)15(12(3)4)32-19(37)38-20(5,6)7/h11-15H,8-10H2,1-7H3,(H,31,35)(H,32,37)/t13-,14?,15-/m0/s1. The summed E-state index contributed by atoms with van der Waals surface area (Å²) in [5.41, 5.74) is -0.881. The molecule has 15 heteroatoms. The number of carbonyl (C=O) groups excluding carboxylic acids is 4. The maximum Gasteiger partial charge on any atom is 0.460 e. The normalized spacial score (nSPS) is 18.8. The van der Waals surface area contributed by atoms with Gasteiger partial charge in [0.1, 0.15) is 17.7 Å². The lowest BCUT2D eigenvalue weighted by Gasteiger charge is -2.33. The third-order valence-electron chi connectivity index (χ3n) is 5.75. The average molecular weight is 566 g/mol. The van der Waals surface area contributed by atoms with E-state index in [1.807, 2.05) is 5.32 Å². The van der Waals surface area contributed by atoms with Crippen molar-refractivity contribution in [2.24, 2.45) is 11.8 Å². The summed E-state index contributed by atoms with van der Waals surface area (Å²) in [5.74, 6) is -19.4. The lowest BCUT2D eigenvalue weighted by molar-refractivity contribution is -0.344. The molecule has 0 aromatic carbocycles. The second-order valence-electron chi connectivity index (χ2n) is 10.8. The van der Waals surface area contributed by atoms with Gasteiger partial charge in [-0.1, -0.05) is 27.7 Å². The number of alkyl carbamates (subject to hydrolysis) is 1. The van der Waals surface area contributed by atoms with E-state index in [1.165, 1.54) is 0 Å². The van der Waals surface area contributed by atoms with Crippen LogP contribution in [0, 0.1) is 11.8 Å². The summed E-state index contributed by atoms with van der Waals surface area (Å²) in [4.78, 5) is 51.6. The van der Waals surface area contributed by atoms with Gasteiger partial charge in [0, 0.05) is 6.54 Å². The Morgan fingerprint density at radius 1 is 0.842 bits per heavy atom. The zero-order valence-electron chi connectivity index (χ0n) is 22.1. The molecular formula is C23H34F7N3O5. The monoisotopic (exact) mass is 565 g/mol. The zero-order valence-corrected chi connectivity index (χ0v) is 22.1. The van der Waals surface area contributed by atoms with E-state index in [0.717, 1.165) is 18.7 Å². The Morgan fingerprint density at radius 2 is 1.34 bits per heavy atom. The first-order chi connectivity index (χ1) is 17.0. The zero-order chi connectivity index (χ0) is 30.0. The quantitative estimate of drug-likeness (QED) is 0.411. The number of amides is 3. The molecule has 0 bridgehead atoms. The smallest absolute Gasteiger partial charge is 0.444 e. The minimum atomic E-state index is -6.72. The fourth-order valence-electron chi connectivity index (χ4n) is 3.74. The van der Waals surface area contributed by atoms with Crippen LogP contribution in [0.3, 0.4) is 0 Å². The van der Waals surface area contributed by atoms with Gasteiger partial charge in [-0.05, 0) is 45.4 Å². The number of carbonyl (C=O) groups is 4. The number of ether oxygens (including phenoxy) is 1. The van der Waals surface area contributed by atoms with Crippen LogP contribution in [0.2, 0.25) is 0 Å². The van der Waals surface area contributed by atoms with Crippen molar-refractivity contribution in [2.75, 3.05) is 6.54 Å². The maximum absolute atomic E-state index is 14.1. The molecule has 1 rings (SSSR count). The summed E-state index contributed by atoms with van der Waals surface area (Å²) in [7, 11) is 0. The number of alkyl halides is 7. The minimum absolute atomic E-state index is 0.00126. The molecule has 0 saturated carbocycles. The third-order valence-corrected chi connectivity index (χ3v) is 5.75. The molecule has 8 nitrogen and oxygen atoms in total. The predicted octanol–water partition coefficient (Wildman–Crippen LogP) is 4.07. The lowest BCUT2D eigenvalue weighted by atomic mass is 9.92. The van der Waals surface area contributed by atoms with E-state index in [1.54, 1.807) is 34.6 Å². The fourth-order valence-corrected chi connectivity index (χ4v) is 3.74. The molecule has 1 unspecified atom stereocenters. The number of halogens is 7. The Kier molecular flexibility index (Phi) is 10.2. The molecule has 1 aliphatic heterocycles. The van der Waals surface area contributed by atoms with Crippen LogP contribution in [0.5, 0.6) is 0 Å². The van der Waals surface area contributed by atoms with E-state index in [0.29, 0.717) is 0 Å². The summed E-state index contributed by atoms with van der Waals surface area (Å²) >= 11 is 0. The van der Waals surface area contributed by atoms with Crippen LogP contribution in [-0.4, -0.2) is 76.9 Å². The molecule has 3 amide bonds. The van der Waals surface area contributed by atoms with Crippen LogP contribution in [0.25, 0.3) is 0 Å². The molecule has 1 fully saturated rings. The number of hydrogen-bond acceptors (Lipinski definition) is 5. The van der Waals surface area contributed by atoms with Gasteiger partial charge < -0.3 is 20.3 Å². The molecule has 0 aromatic rings. The fraction of sp³-hybridized carbons (Fsp3) is 0.826. The van der Waals surface area contributed by atoms with Crippen molar-refractivity contribution in [3.8, 4) is 0 Å². The number of Topliss-reactive ketones (excluding diaryl/α,β-unsaturated/α-hetero) is 1.